The summed E-state index contributed by atoms with van der Waals surface area (Å²) in [5.41, 5.74) is 8.73. The molecule has 1 unspecified atom stereocenters. The summed E-state index contributed by atoms with van der Waals surface area (Å²) >= 11 is 0. The fraction of sp³-hybridized carbons (Fsp3) is 0.632. The van der Waals surface area contributed by atoms with E-state index < -0.39 is 0 Å². The van der Waals surface area contributed by atoms with Gasteiger partial charge in [-0.25, -0.2) is 4.99 Å². The largest absolute Gasteiger partial charge is 0.370 e. The van der Waals surface area contributed by atoms with E-state index in [0.717, 1.165) is 13.1 Å². The zero-order chi connectivity index (χ0) is 16.9. The fourth-order valence-electron chi connectivity index (χ4n) is 3.11. The van der Waals surface area contributed by atoms with E-state index in [9.17, 15) is 0 Å². The molecule has 2 rings (SSSR count). The van der Waals surface area contributed by atoms with Crippen molar-refractivity contribution in [2.75, 3.05) is 19.6 Å². The molecule has 1 aliphatic heterocycles. The molecular weight excluding hydrogens is 411 g/mol. The number of hydrogen-bond acceptors (Lipinski definition) is 2. The molecule has 1 atom stereocenters. The van der Waals surface area contributed by atoms with Crippen LogP contribution in [0, 0.1) is 0 Å². The maximum absolute atomic E-state index is 6.01. The maximum Gasteiger partial charge on any atom is 0.188 e. The molecule has 0 spiro atoms. The van der Waals surface area contributed by atoms with Gasteiger partial charge in [-0.1, -0.05) is 52.0 Å². The van der Waals surface area contributed by atoms with Crippen LogP contribution in [0.3, 0.4) is 0 Å². The molecule has 136 valence electrons. The Hall–Kier alpha value is -0.820. The van der Waals surface area contributed by atoms with E-state index in [2.05, 4.69) is 67.2 Å². The first-order valence-corrected chi connectivity index (χ1v) is 8.77. The second-order valence-electron chi connectivity index (χ2n) is 7.45. The third-order valence-electron chi connectivity index (χ3n) is 4.68. The Labute approximate surface area is 164 Å². The smallest absolute Gasteiger partial charge is 0.188 e. The Kier molecular flexibility index (Phi) is 8.50. The molecular formula is C19H33IN4. The number of nitrogens with zero attached hydrogens (tertiary/aromatic N) is 2. The van der Waals surface area contributed by atoms with Crippen molar-refractivity contribution in [2.24, 2.45) is 10.7 Å². The van der Waals surface area contributed by atoms with Crippen LogP contribution < -0.4 is 11.1 Å². The number of halogens is 1. The average Bonchev–Trinajstić information content (AvgIpc) is 2.98. The van der Waals surface area contributed by atoms with Crippen molar-refractivity contribution < 1.29 is 0 Å². The van der Waals surface area contributed by atoms with Crippen LogP contribution in [0.25, 0.3) is 0 Å². The minimum Gasteiger partial charge on any atom is -0.370 e. The summed E-state index contributed by atoms with van der Waals surface area (Å²) in [6.07, 6.45) is 2.54. The van der Waals surface area contributed by atoms with Gasteiger partial charge in [0.2, 0.25) is 0 Å². The van der Waals surface area contributed by atoms with E-state index in [1.165, 1.54) is 30.5 Å². The van der Waals surface area contributed by atoms with Crippen molar-refractivity contribution in [3.8, 4) is 0 Å². The monoisotopic (exact) mass is 444 g/mol. The molecule has 1 aromatic rings. The lowest BCUT2D eigenvalue weighted by atomic mass is 9.87. The number of aliphatic imine (C=N–C) groups is 1. The third kappa shape index (κ3) is 6.24. The highest BCUT2D eigenvalue weighted by Crippen LogP contribution is 2.22. The standard InChI is InChI=1S/C19H32N4.HI/c1-5-23-12-6-7-17(23)14-22-18(20)21-13-15-8-10-16(11-9-15)19(2,3)4;/h8-11,17H,5-7,12-14H2,1-4H3,(H3,20,21,22);1H. The van der Waals surface area contributed by atoms with Gasteiger partial charge in [0, 0.05) is 12.6 Å². The zero-order valence-electron chi connectivity index (χ0n) is 15.5. The quantitative estimate of drug-likeness (QED) is 0.415. The molecule has 0 aliphatic carbocycles. The van der Waals surface area contributed by atoms with Gasteiger partial charge in [0.05, 0.1) is 6.54 Å². The third-order valence-corrected chi connectivity index (χ3v) is 4.68. The van der Waals surface area contributed by atoms with E-state index in [1.54, 1.807) is 0 Å². The Morgan fingerprint density at radius 1 is 1.29 bits per heavy atom. The molecule has 1 heterocycles. The second-order valence-corrected chi connectivity index (χ2v) is 7.45. The minimum absolute atomic E-state index is 0. The van der Waals surface area contributed by atoms with Crippen LogP contribution in [0.2, 0.25) is 0 Å². The molecule has 5 heteroatoms. The predicted molar refractivity (Wildman–Crippen MR) is 114 cm³/mol. The summed E-state index contributed by atoms with van der Waals surface area (Å²) in [7, 11) is 0. The second kappa shape index (κ2) is 9.61. The van der Waals surface area contributed by atoms with Gasteiger partial charge >= 0.3 is 0 Å². The number of rotatable bonds is 5. The molecule has 3 N–H and O–H groups in total. The molecule has 0 radical (unpaired) electrons. The van der Waals surface area contributed by atoms with Gasteiger partial charge in [0.25, 0.3) is 0 Å². The van der Waals surface area contributed by atoms with Gasteiger partial charge in [0.15, 0.2) is 5.96 Å². The summed E-state index contributed by atoms with van der Waals surface area (Å²) in [5.74, 6) is 0.549. The normalized spacial score (nSPS) is 19.2. The fourth-order valence-corrected chi connectivity index (χ4v) is 3.11. The van der Waals surface area contributed by atoms with Gasteiger partial charge in [-0.2, -0.15) is 0 Å². The summed E-state index contributed by atoms with van der Waals surface area (Å²) in [5, 5.41) is 3.28. The zero-order valence-corrected chi connectivity index (χ0v) is 17.8. The van der Waals surface area contributed by atoms with Gasteiger partial charge in [-0.3, -0.25) is 4.90 Å². The number of hydrogen-bond donors (Lipinski definition) is 2. The summed E-state index contributed by atoms with van der Waals surface area (Å²) in [4.78, 5) is 6.97. The van der Waals surface area contributed by atoms with Crippen molar-refractivity contribution in [2.45, 2.75) is 58.5 Å². The van der Waals surface area contributed by atoms with Gasteiger partial charge in [-0.15, -0.1) is 24.0 Å². The summed E-state index contributed by atoms with van der Waals surface area (Å²) < 4.78 is 0. The topological polar surface area (TPSA) is 53.6 Å². The average molecular weight is 444 g/mol. The van der Waals surface area contributed by atoms with Crippen LogP contribution in [0.1, 0.15) is 51.7 Å². The van der Waals surface area contributed by atoms with E-state index in [4.69, 9.17) is 5.73 Å². The van der Waals surface area contributed by atoms with E-state index >= 15 is 0 Å². The van der Waals surface area contributed by atoms with Crippen molar-refractivity contribution in [3.05, 3.63) is 35.4 Å². The van der Waals surface area contributed by atoms with Crippen molar-refractivity contribution in [1.82, 2.24) is 10.2 Å². The Morgan fingerprint density at radius 3 is 2.54 bits per heavy atom. The Balaban J connectivity index is 0.00000288. The highest BCUT2D eigenvalue weighted by atomic mass is 127. The molecule has 4 nitrogen and oxygen atoms in total. The first-order chi connectivity index (χ1) is 10.9. The predicted octanol–water partition coefficient (Wildman–Crippen LogP) is 3.49. The molecule has 1 saturated heterocycles. The first kappa shape index (κ1) is 21.2. The summed E-state index contributed by atoms with van der Waals surface area (Å²) in [6, 6.07) is 9.26. The molecule has 0 saturated carbocycles. The lowest BCUT2D eigenvalue weighted by Crippen LogP contribution is -2.42. The van der Waals surface area contributed by atoms with Crippen LogP contribution >= 0.6 is 24.0 Å². The van der Waals surface area contributed by atoms with Gasteiger partial charge in [0.1, 0.15) is 0 Å². The van der Waals surface area contributed by atoms with Crippen molar-refractivity contribution in [3.63, 3.8) is 0 Å². The van der Waals surface area contributed by atoms with E-state index in [-0.39, 0.29) is 29.4 Å². The Morgan fingerprint density at radius 2 is 1.96 bits per heavy atom. The van der Waals surface area contributed by atoms with Crippen LogP contribution in [-0.4, -0.2) is 36.5 Å². The van der Waals surface area contributed by atoms with Crippen molar-refractivity contribution >= 4 is 29.9 Å². The molecule has 0 amide bonds. The number of guanidine groups is 1. The number of likely N-dealkylation sites (tertiary alicyclic amines) is 1. The molecule has 0 bridgehead atoms. The maximum atomic E-state index is 6.01. The number of nitrogens with two attached hydrogens (primary N) is 1. The lowest BCUT2D eigenvalue weighted by molar-refractivity contribution is 0.267. The van der Waals surface area contributed by atoms with Crippen LogP contribution in [-0.2, 0) is 12.0 Å². The van der Waals surface area contributed by atoms with Crippen molar-refractivity contribution in [1.29, 1.82) is 0 Å². The summed E-state index contributed by atoms with van der Waals surface area (Å²) in [6.45, 7) is 12.7. The van der Waals surface area contributed by atoms with Gasteiger partial charge < -0.3 is 11.1 Å². The molecule has 0 aromatic heterocycles. The number of nitrogens with one attached hydrogen (secondary N) is 1. The van der Waals surface area contributed by atoms with Crippen LogP contribution in [0.5, 0.6) is 0 Å². The molecule has 1 aromatic carbocycles. The molecule has 24 heavy (non-hydrogen) atoms. The van der Waals surface area contributed by atoms with Crippen LogP contribution in [0.4, 0.5) is 0 Å². The van der Waals surface area contributed by atoms with E-state index in [0.29, 0.717) is 18.5 Å². The first-order valence-electron chi connectivity index (χ1n) is 8.77. The van der Waals surface area contributed by atoms with E-state index in [1.807, 2.05) is 0 Å². The Bertz CT molecular complexity index is 519. The van der Waals surface area contributed by atoms with Crippen LogP contribution in [0.15, 0.2) is 29.3 Å². The highest BCUT2D eigenvalue weighted by molar-refractivity contribution is 14.0. The lowest BCUT2D eigenvalue weighted by Gasteiger charge is -2.23. The highest BCUT2D eigenvalue weighted by Gasteiger charge is 2.22. The molecule has 1 fully saturated rings. The number of likely N-dealkylation sites (N-methyl/N-ethyl adjacent to an activating group) is 1. The number of benzene rings is 1. The molecule has 1 aliphatic rings. The van der Waals surface area contributed by atoms with Gasteiger partial charge in [-0.05, 0) is 42.5 Å². The minimum atomic E-state index is 0. The SMILES string of the molecule is CCN1CCCC1CNC(N)=NCc1ccc(C(C)(C)C)cc1.I.